The van der Waals surface area contributed by atoms with Crippen molar-refractivity contribution < 1.29 is 0 Å². The summed E-state index contributed by atoms with van der Waals surface area (Å²) in [6, 6.07) is 23.9. The Hall–Kier alpha value is -3.85. The molecule has 0 amide bonds. The molecule has 152 valence electrons. The minimum atomic E-state index is -0.0127. The summed E-state index contributed by atoms with van der Waals surface area (Å²) in [5.74, 6) is 0. The first-order chi connectivity index (χ1) is 15.6. The Morgan fingerprint density at radius 2 is 1.44 bits per heavy atom. The molecule has 0 bridgehead atoms. The Bertz CT molecular complexity index is 1630. The number of benzene rings is 3. The molecular formula is C29H21N3. The maximum absolute atomic E-state index is 5.17. The van der Waals surface area contributed by atoms with Crippen molar-refractivity contribution in [2.24, 2.45) is 4.99 Å². The van der Waals surface area contributed by atoms with E-state index < -0.39 is 0 Å². The number of rotatable bonds is 1. The molecule has 2 aliphatic rings. The minimum Gasteiger partial charge on any atom is -0.254 e. The van der Waals surface area contributed by atoms with Crippen LogP contribution in [0.4, 0.5) is 5.69 Å². The van der Waals surface area contributed by atoms with E-state index in [9.17, 15) is 0 Å². The molecule has 3 aromatic carbocycles. The van der Waals surface area contributed by atoms with Gasteiger partial charge < -0.3 is 0 Å². The Labute approximate surface area is 186 Å². The topological polar surface area (TPSA) is 38.1 Å². The molecule has 3 nitrogen and oxygen atoms in total. The Kier molecular flexibility index (Phi) is 3.39. The number of aliphatic imine (C=N–C) groups is 1. The van der Waals surface area contributed by atoms with Gasteiger partial charge in [0.1, 0.15) is 0 Å². The van der Waals surface area contributed by atoms with Gasteiger partial charge in [0.2, 0.25) is 0 Å². The monoisotopic (exact) mass is 411 g/mol. The van der Waals surface area contributed by atoms with Crippen LogP contribution in [0.25, 0.3) is 32.9 Å². The van der Waals surface area contributed by atoms with Crippen molar-refractivity contribution in [3.8, 4) is 11.1 Å². The summed E-state index contributed by atoms with van der Waals surface area (Å²) in [5, 5.41) is 2.24. The number of pyridine rings is 2. The fourth-order valence-corrected chi connectivity index (χ4v) is 5.61. The van der Waals surface area contributed by atoms with E-state index in [0.29, 0.717) is 0 Å². The van der Waals surface area contributed by atoms with E-state index in [0.717, 1.165) is 39.6 Å². The molecular weight excluding hydrogens is 390 g/mol. The molecule has 3 heteroatoms. The molecule has 2 aromatic heterocycles. The van der Waals surface area contributed by atoms with E-state index in [1.165, 1.54) is 33.4 Å². The number of nitrogens with zero attached hydrogens (tertiary/aromatic N) is 3. The highest BCUT2D eigenvalue weighted by molar-refractivity contribution is 6.18. The van der Waals surface area contributed by atoms with Gasteiger partial charge in [0.15, 0.2) is 0 Å². The highest BCUT2D eigenvalue weighted by Crippen LogP contribution is 2.49. The summed E-state index contributed by atoms with van der Waals surface area (Å²) in [6.07, 6.45) is 4.50. The molecule has 0 unspecified atom stereocenters. The van der Waals surface area contributed by atoms with Gasteiger partial charge in [-0.05, 0) is 57.6 Å². The zero-order valence-corrected chi connectivity index (χ0v) is 18.1. The highest BCUT2D eigenvalue weighted by atomic mass is 14.8. The number of hydrogen-bond acceptors (Lipinski definition) is 3. The predicted octanol–water partition coefficient (Wildman–Crippen LogP) is 6.77. The molecule has 5 aromatic rings. The Morgan fingerprint density at radius 1 is 0.719 bits per heavy atom. The molecule has 32 heavy (non-hydrogen) atoms. The van der Waals surface area contributed by atoms with Crippen molar-refractivity contribution in [3.63, 3.8) is 0 Å². The van der Waals surface area contributed by atoms with Crippen LogP contribution in [0.1, 0.15) is 36.1 Å². The maximum atomic E-state index is 5.17. The lowest BCUT2D eigenvalue weighted by molar-refractivity contribution is 0.660. The van der Waals surface area contributed by atoms with Gasteiger partial charge in [0, 0.05) is 35.0 Å². The summed E-state index contributed by atoms with van der Waals surface area (Å²) in [7, 11) is 0. The van der Waals surface area contributed by atoms with Gasteiger partial charge >= 0.3 is 0 Å². The van der Waals surface area contributed by atoms with Crippen molar-refractivity contribution in [1.82, 2.24) is 9.97 Å². The average molecular weight is 412 g/mol. The maximum Gasteiger partial charge on any atom is 0.0986 e. The molecule has 0 atom stereocenters. The second kappa shape index (κ2) is 6.10. The SMILES string of the molecule is CC1(C)c2ccccc2-c2ccc(C3=Nc4c(c5cccnc5c5ncccc45)C3)cc21. The summed E-state index contributed by atoms with van der Waals surface area (Å²) in [4.78, 5) is 14.5. The molecule has 1 aliphatic carbocycles. The van der Waals surface area contributed by atoms with E-state index in [1.54, 1.807) is 0 Å². The molecule has 0 radical (unpaired) electrons. The summed E-state index contributed by atoms with van der Waals surface area (Å²) in [5.41, 5.74) is 12.0. The van der Waals surface area contributed by atoms with Crippen LogP contribution in [0.2, 0.25) is 0 Å². The lowest BCUT2D eigenvalue weighted by Crippen LogP contribution is -2.15. The van der Waals surface area contributed by atoms with Crippen molar-refractivity contribution in [3.05, 3.63) is 101 Å². The number of aromatic nitrogens is 2. The molecule has 0 saturated carbocycles. The van der Waals surface area contributed by atoms with Gasteiger partial charge in [-0.15, -0.1) is 0 Å². The first-order valence-electron chi connectivity index (χ1n) is 11.1. The van der Waals surface area contributed by atoms with Gasteiger partial charge in [-0.25, -0.2) is 0 Å². The van der Waals surface area contributed by atoms with Gasteiger partial charge in [0.05, 0.1) is 22.4 Å². The third-order valence-electron chi connectivity index (χ3n) is 7.21. The van der Waals surface area contributed by atoms with Crippen molar-refractivity contribution in [2.75, 3.05) is 0 Å². The van der Waals surface area contributed by atoms with E-state index in [2.05, 4.69) is 78.4 Å². The normalized spacial score (nSPS) is 15.5. The minimum absolute atomic E-state index is 0.0127. The first kappa shape index (κ1) is 17.8. The third kappa shape index (κ3) is 2.23. The van der Waals surface area contributed by atoms with Crippen LogP contribution < -0.4 is 0 Å². The molecule has 1 aliphatic heterocycles. The first-order valence-corrected chi connectivity index (χ1v) is 11.1. The third-order valence-corrected chi connectivity index (χ3v) is 7.21. The molecule has 7 rings (SSSR count). The molecule has 3 heterocycles. The smallest absolute Gasteiger partial charge is 0.0986 e. The summed E-state index contributed by atoms with van der Waals surface area (Å²) >= 11 is 0. The Balaban J connectivity index is 1.42. The quantitative estimate of drug-likeness (QED) is 0.286. The van der Waals surface area contributed by atoms with Gasteiger partial charge in [-0.2, -0.15) is 0 Å². The van der Waals surface area contributed by atoms with Crippen LogP contribution in [-0.4, -0.2) is 15.7 Å². The van der Waals surface area contributed by atoms with Gasteiger partial charge in [0.25, 0.3) is 0 Å². The highest BCUT2D eigenvalue weighted by Gasteiger charge is 2.35. The zero-order valence-electron chi connectivity index (χ0n) is 18.1. The second-order valence-corrected chi connectivity index (χ2v) is 9.29. The fourth-order valence-electron chi connectivity index (χ4n) is 5.61. The lowest BCUT2D eigenvalue weighted by Gasteiger charge is -2.21. The van der Waals surface area contributed by atoms with Gasteiger partial charge in [-0.1, -0.05) is 56.3 Å². The molecule has 0 N–H and O–H groups in total. The summed E-state index contributed by atoms with van der Waals surface area (Å²) in [6.45, 7) is 4.65. The molecule has 0 spiro atoms. The van der Waals surface area contributed by atoms with Crippen molar-refractivity contribution in [2.45, 2.75) is 25.7 Å². The lowest BCUT2D eigenvalue weighted by atomic mass is 9.81. The average Bonchev–Trinajstić information content (AvgIpc) is 3.38. The van der Waals surface area contributed by atoms with Crippen LogP contribution >= 0.6 is 0 Å². The second-order valence-electron chi connectivity index (χ2n) is 9.29. The Morgan fingerprint density at radius 3 is 2.28 bits per heavy atom. The van der Waals surface area contributed by atoms with Crippen molar-refractivity contribution in [1.29, 1.82) is 0 Å². The fraction of sp³-hybridized carbons (Fsp3) is 0.138. The molecule has 0 saturated heterocycles. The largest absolute Gasteiger partial charge is 0.254 e. The van der Waals surface area contributed by atoms with E-state index >= 15 is 0 Å². The van der Waals surface area contributed by atoms with Crippen LogP contribution in [0.5, 0.6) is 0 Å². The van der Waals surface area contributed by atoms with Gasteiger partial charge in [-0.3, -0.25) is 15.0 Å². The predicted molar refractivity (Wildman–Crippen MR) is 131 cm³/mol. The van der Waals surface area contributed by atoms with E-state index in [1.807, 2.05) is 24.5 Å². The van der Waals surface area contributed by atoms with E-state index in [4.69, 9.17) is 4.99 Å². The molecule has 0 fully saturated rings. The number of hydrogen-bond donors (Lipinski definition) is 0. The van der Waals surface area contributed by atoms with Crippen LogP contribution in [0.15, 0.2) is 84.1 Å². The van der Waals surface area contributed by atoms with Crippen molar-refractivity contribution >= 4 is 33.2 Å². The van der Waals surface area contributed by atoms with Crippen LogP contribution in [-0.2, 0) is 11.8 Å². The van der Waals surface area contributed by atoms with Crippen LogP contribution in [0, 0.1) is 0 Å². The zero-order chi connectivity index (χ0) is 21.4. The van der Waals surface area contributed by atoms with E-state index in [-0.39, 0.29) is 5.41 Å². The van der Waals surface area contributed by atoms with Crippen LogP contribution in [0.3, 0.4) is 0 Å². The standard InChI is InChI=1S/C29H21N3/c1-29(2)23-10-4-3-7-18(23)19-12-11-17(15-24(19)29)25-16-22-20-8-5-13-30-27(20)28-21(26(22)32-25)9-6-14-31-28/h3-15H,16H2,1-2H3. The summed E-state index contributed by atoms with van der Waals surface area (Å²) < 4.78 is 0. The number of fused-ring (bicyclic) bond motifs is 9.